The predicted octanol–water partition coefficient (Wildman–Crippen LogP) is 2.96. The van der Waals surface area contributed by atoms with Gasteiger partial charge in [-0.15, -0.1) is 0 Å². The number of carbonyl (C=O) groups is 1. The summed E-state index contributed by atoms with van der Waals surface area (Å²) in [5.74, 6) is 0.412. The molecule has 3 unspecified atom stereocenters. The highest BCUT2D eigenvalue weighted by molar-refractivity contribution is 5.99. The Morgan fingerprint density at radius 1 is 1.47 bits per heavy atom. The maximum atomic E-state index is 13.2. The second-order valence-electron chi connectivity index (χ2n) is 5.42. The third-order valence-corrected chi connectivity index (χ3v) is 4.33. The molecule has 0 radical (unpaired) electrons. The lowest BCUT2D eigenvalue weighted by Gasteiger charge is -2.21. The third kappa shape index (κ3) is 2.88. The van der Waals surface area contributed by atoms with E-state index in [-0.39, 0.29) is 17.5 Å². The van der Waals surface area contributed by atoms with E-state index >= 15 is 0 Å². The van der Waals surface area contributed by atoms with Gasteiger partial charge in [0.2, 0.25) is 0 Å². The highest BCUT2D eigenvalue weighted by Crippen LogP contribution is 2.34. The minimum Gasteiger partial charge on any atom is -0.398 e. The number of halogens is 1. The maximum absolute atomic E-state index is 13.2. The minimum absolute atomic E-state index is 0.167. The van der Waals surface area contributed by atoms with E-state index in [0.29, 0.717) is 17.5 Å². The number of amides is 1. The molecule has 1 fully saturated rings. The Hall–Kier alpha value is -1.58. The quantitative estimate of drug-likeness (QED) is 0.825. The van der Waals surface area contributed by atoms with Gasteiger partial charge >= 0.3 is 0 Å². The SMILES string of the molecule is CCC1CCC(NC(=O)c2cc(F)ccc2N)C1C. The fraction of sp³-hybridized carbons (Fsp3) is 0.533. The van der Waals surface area contributed by atoms with Gasteiger partial charge in [0.05, 0.1) is 5.56 Å². The van der Waals surface area contributed by atoms with E-state index in [0.717, 1.165) is 19.3 Å². The van der Waals surface area contributed by atoms with Crippen LogP contribution in [0.1, 0.15) is 43.5 Å². The average molecular weight is 264 g/mol. The third-order valence-electron chi connectivity index (χ3n) is 4.33. The van der Waals surface area contributed by atoms with Crippen molar-refractivity contribution < 1.29 is 9.18 Å². The van der Waals surface area contributed by atoms with Gasteiger partial charge in [0.15, 0.2) is 0 Å². The molecule has 0 saturated heterocycles. The molecule has 1 aliphatic rings. The number of hydrogen-bond donors (Lipinski definition) is 2. The highest BCUT2D eigenvalue weighted by Gasteiger charge is 2.32. The summed E-state index contributed by atoms with van der Waals surface area (Å²) in [7, 11) is 0. The van der Waals surface area contributed by atoms with Gasteiger partial charge < -0.3 is 11.1 Å². The van der Waals surface area contributed by atoms with E-state index in [1.165, 1.54) is 18.2 Å². The lowest BCUT2D eigenvalue weighted by atomic mass is 9.93. The van der Waals surface area contributed by atoms with E-state index in [4.69, 9.17) is 5.73 Å². The molecule has 1 aromatic carbocycles. The summed E-state index contributed by atoms with van der Waals surface area (Å²) in [6.45, 7) is 4.34. The zero-order chi connectivity index (χ0) is 14.0. The molecule has 19 heavy (non-hydrogen) atoms. The van der Waals surface area contributed by atoms with Gasteiger partial charge in [-0.25, -0.2) is 4.39 Å². The summed E-state index contributed by atoms with van der Waals surface area (Å²) < 4.78 is 13.2. The van der Waals surface area contributed by atoms with Crippen LogP contribution in [0.3, 0.4) is 0 Å². The number of nitrogens with one attached hydrogen (secondary N) is 1. The highest BCUT2D eigenvalue weighted by atomic mass is 19.1. The standard InChI is InChI=1S/C15H21FN2O/c1-3-10-4-7-14(9(10)2)18-15(19)12-8-11(16)5-6-13(12)17/h5-6,8-10,14H,3-4,7,17H2,1-2H3,(H,18,19). The molecule has 3 N–H and O–H groups in total. The molecule has 1 aliphatic carbocycles. The molecule has 1 saturated carbocycles. The van der Waals surface area contributed by atoms with E-state index in [9.17, 15) is 9.18 Å². The maximum Gasteiger partial charge on any atom is 0.253 e. The lowest BCUT2D eigenvalue weighted by Crippen LogP contribution is -2.37. The van der Waals surface area contributed by atoms with Crippen molar-refractivity contribution in [2.75, 3.05) is 5.73 Å². The normalized spacial score (nSPS) is 26.4. The molecule has 2 rings (SSSR count). The first kappa shape index (κ1) is 13.8. The van der Waals surface area contributed by atoms with Crippen molar-refractivity contribution in [2.45, 2.75) is 39.2 Å². The first-order chi connectivity index (χ1) is 9.02. The number of nitrogens with two attached hydrogens (primary N) is 1. The van der Waals surface area contributed by atoms with Gasteiger partial charge in [-0.2, -0.15) is 0 Å². The van der Waals surface area contributed by atoms with E-state index in [2.05, 4.69) is 19.2 Å². The number of anilines is 1. The van der Waals surface area contributed by atoms with Gasteiger partial charge in [-0.3, -0.25) is 4.79 Å². The molecule has 3 atom stereocenters. The van der Waals surface area contributed by atoms with Gasteiger partial charge in [0.25, 0.3) is 5.91 Å². The molecular weight excluding hydrogens is 243 g/mol. The number of nitrogen functional groups attached to an aromatic ring is 1. The largest absolute Gasteiger partial charge is 0.398 e. The molecule has 1 aromatic rings. The van der Waals surface area contributed by atoms with Crippen LogP contribution in [0, 0.1) is 17.7 Å². The second kappa shape index (κ2) is 5.59. The Bertz CT molecular complexity index is 475. The summed E-state index contributed by atoms with van der Waals surface area (Å²) in [5, 5.41) is 2.99. The Balaban J connectivity index is 2.07. The van der Waals surface area contributed by atoms with Gasteiger partial charge in [0, 0.05) is 11.7 Å². The first-order valence-corrected chi connectivity index (χ1v) is 6.88. The van der Waals surface area contributed by atoms with Crippen molar-refractivity contribution in [3.05, 3.63) is 29.6 Å². The molecule has 0 aromatic heterocycles. The van der Waals surface area contributed by atoms with Crippen LogP contribution in [0.4, 0.5) is 10.1 Å². The van der Waals surface area contributed by atoms with Crippen molar-refractivity contribution >= 4 is 11.6 Å². The summed E-state index contributed by atoms with van der Waals surface area (Å²) in [6.07, 6.45) is 3.26. The van der Waals surface area contributed by atoms with Gasteiger partial charge in [-0.1, -0.05) is 20.3 Å². The summed E-state index contributed by atoms with van der Waals surface area (Å²) in [6, 6.07) is 4.05. The van der Waals surface area contributed by atoms with Crippen molar-refractivity contribution in [3.8, 4) is 0 Å². The Labute approximate surface area is 113 Å². The first-order valence-electron chi connectivity index (χ1n) is 6.88. The molecule has 4 heteroatoms. The van der Waals surface area contributed by atoms with Crippen LogP contribution in [0.25, 0.3) is 0 Å². The summed E-state index contributed by atoms with van der Waals surface area (Å²) >= 11 is 0. The Kier molecular flexibility index (Phi) is 4.08. The number of carbonyl (C=O) groups excluding carboxylic acids is 1. The monoisotopic (exact) mass is 264 g/mol. The molecule has 104 valence electrons. The van der Waals surface area contributed by atoms with Crippen LogP contribution >= 0.6 is 0 Å². The van der Waals surface area contributed by atoms with E-state index < -0.39 is 5.82 Å². The van der Waals surface area contributed by atoms with E-state index in [1.54, 1.807) is 0 Å². The number of rotatable bonds is 3. The van der Waals surface area contributed by atoms with Crippen molar-refractivity contribution in [1.82, 2.24) is 5.32 Å². The molecule has 0 heterocycles. The molecular formula is C15H21FN2O. The van der Waals surface area contributed by atoms with Gasteiger partial charge in [0.1, 0.15) is 5.82 Å². The number of hydrogen-bond acceptors (Lipinski definition) is 2. The molecule has 1 amide bonds. The van der Waals surface area contributed by atoms with Crippen molar-refractivity contribution in [1.29, 1.82) is 0 Å². The molecule has 0 bridgehead atoms. The van der Waals surface area contributed by atoms with Crippen molar-refractivity contribution in [2.24, 2.45) is 11.8 Å². The zero-order valence-corrected chi connectivity index (χ0v) is 11.4. The minimum atomic E-state index is -0.440. The Morgan fingerprint density at radius 3 is 2.84 bits per heavy atom. The fourth-order valence-electron chi connectivity index (χ4n) is 3.00. The van der Waals surface area contributed by atoms with Crippen LogP contribution in [0.5, 0.6) is 0 Å². The number of benzene rings is 1. The smallest absolute Gasteiger partial charge is 0.253 e. The molecule has 0 aliphatic heterocycles. The van der Waals surface area contributed by atoms with Gasteiger partial charge in [-0.05, 0) is 42.9 Å². The average Bonchev–Trinajstić information content (AvgIpc) is 2.73. The summed E-state index contributed by atoms with van der Waals surface area (Å²) in [4.78, 5) is 12.2. The topological polar surface area (TPSA) is 55.1 Å². The fourth-order valence-corrected chi connectivity index (χ4v) is 3.00. The lowest BCUT2D eigenvalue weighted by molar-refractivity contribution is 0.0927. The van der Waals surface area contributed by atoms with Crippen LogP contribution in [0.2, 0.25) is 0 Å². The predicted molar refractivity (Wildman–Crippen MR) is 74.2 cm³/mol. The zero-order valence-electron chi connectivity index (χ0n) is 11.4. The van der Waals surface area contributed by atoms with Crippen LogP contribution < -0.4 is 11.1 Å². The molecule has 3 nitrogen and oxygen atoms in total. The molecule has 0 spiro atoms. The van der Waals surface area contributed by atoms with Crippen molar-refractivity contribution in [3.63, 3.8) is 0 Å². The van der Waals surface area contributed by atoms with Crippen LogP contribution in [0.15, 0.2) is 18.2 Å². The van der Waals surface area contributed by atoms with E-state index in [1.807, 2.05) is 0 Å². The second-order valence-corrected chi connectivity index (χ2v) is 5.42. The van der Waals surface area contributed by atoms with Crippen LogP contribution in [-0.4, -0.2) is 11.9 Å². The Morgan fingerprint density at radius 2 is 2.21 bits per heavy atom. The summed E-state index contributed by atoms with van der Waals surface area (Å²) in [5.41, 5.74) is 6.27. The van der Waals surface area contributed by atoms with Crippen LogP contribution in [-0.2, 0) is 0 Å².